The third kappa shape index (κ3) is 3.43. The highest BCUT2D eigenvalue weighted by atomic mass is 19.1. The van der Waals surface area contributed by atoms with Crippen molar-refractivity contribution < 1.29 is 18.7 Å². The molecule has 0 aliphatic carbocycles. The van der Waals surface area contributed by atoms with Crippen LogP contribution in [0.1, 0.15) is 22.0 Å². The van der Waals surface area contributed by atoms with Crippen molar-refractivity contribution in [3.8, 4) is 6.07 Å². The summed E-state index contributed by atoms with van der Waals surface area (Å²) in [5.41, 5.74) is 1.02. The number of ether oxygens (including phenoxy) is 1. The van der Waals surface area contributed by atoms with E-state index in [1.54, 1.807) is 18.2 Å². The Morgan fingerprint density at radius 3 is 2.56 bits per heavy atom. The Hall–Kier alpha value is -3.40. The monoisotopic (exact) mass is 339 g/mol. The van der Waals surface area contributed by atoms with Gasteiger partial charge in [0.1, 0.15) is 18.5 Å². The number of carbonyl (C=O) groups excluding carboxylic acids is 2. The van der Waals surface area contributed by atoms with E-state index in [0.717, 1.165) is 0 Å². The predicted molar refractivity (Wildman–Crippen MR) is 87.4 cm³/mol. The Morgan fingerprint density at radius 2 is 1.96 bits per heavy atom. The van der Waals surface area contributed by atoms with E-state index in [9.17, 15) is 19.2 Å². The number of benzene rings is 2. The molecular weight excluding hydrogens is 325 g/mol. The summed E-state index contributed by atoms with van der Waals surface area (Å²) < 4.78 is 18.7. The van der Waals surface area contributed by atoms with Crippen LogP contribution in [0.5, 0.6) is 0 Å². The highest BCUT2D eigenvalue weighted by Crippen LogP contribution is 2.20. The van der Waals surface area contributed by atoms with Crippen molar-refractivity contribution >= 4 is 17.7 Å². The van der Waals surface area contributed by atoms with Gasteiger partial charge in [0.25, 0.3) is 5.91 Å². The minimum Gasteiger partial charge on any atom is -0.447 e. The molecular formula is C18H14FN3O3. The summed E-state index contributed by atoms with van der Waals surface area (Å²) >= 11 is 0. The molecule has 2 aromatic rings. The highest BCUT2D eigenvalue weighted by Gasteiger charge is 2.24. The molecule has 1 saturated heterocycles. The van der Waals surface area contributed by atoms with Crippen LogP contribution in [-0.4, -0.2) is 25.2 Å². The average Bonchev–Trinajstić information content (AvgIpc) is 3.06. The number of nitrogens with zero attached hydrogens (tertiary/aromatic N) is 2. The van der Waals surface area contributed by atoms with Crippen LogP contribution in [0.2, 0.25) is 0 Å². The largest absolute Gasteiger partial charge is 0.447 e. The molecule has 0 radical (unpaired) electrons. The summed E-state index contributed by atoms with van der Waals surface area (Å²) in [6, 6.07) is 12.9. The topological polar surface area (TPSA) is 82.4 Å². The number of carbonyl (C=O) groups is 2. The lowest BCUT2D eigenvalue weighted by molar-refractivity contribution is 0.0944. The molecule has 0 bridgehead atoms. The molecule has 7 heteroatoms. The molecule has 2 amide bonds. The number of nitriles is 1. The maximum absolute atomic E-state index is 13.8. The van der Waals surface area contributed by atoms with E-state index < -0.39 is 23.9 Å². The number of hydrogen-bond acceptors (Lipinski definition) is 4. The second kappa shape index (κ2) is 7.01. The number of amides is 2. The van der Waals surface area contributed by atoms with Gasteiger partial charge in [0.2, 0.25) is 0 Å². The van der Waals surface area contributed by atoms with E-state index in [1.807, 2.05) is 6.07 Å². The van der Waals surface area contributed by atoms with Gasteiger partial charge >= 0.3 is 6.09 Å². The molecule has 1 aliphatic rings. The van der Waals surface area contributed by atoms with Gasteiger partial charge in [-0.3, -0.25) is 9.69 Å². The van der Waals surface area contributed by atoms with Gasteiger partial charge in [-0.05, 0) is 30.3 Å². The molecule has 0 saturated carbocycles. The first-order valence-electron chi connectivity index (χ1n) is 7.59. The van der Waals surface area contributed by atoms with Gasteiger partial charge in [-0.15, -0.1) is 0 Å². The van der Waals surface area contributed by atoms with Crippen molar-refractivity contribution in [3.05, 3.63) is 65.5 Å². The number of rotatable bonds is 4. The van der Waals surface area contributed by atoms with Crippen molar-refractivity contribution in [1.29, 1.82) is 5.26 Å². The lowest BCUT2D eigenvalue weighted by atomic mass is 10.1. The van der Waals surface area contributed by atoms with Crippen molar-refractivity contribution in [3.63, 3.8) is 0 Å². The van der Waals surface area contributed by atoms with Gasteiger partial charge in [0, 0.05) is 16.8 Å². The molecule has 1 heterocycles. The zero-order chi connectivity index (χ0) is 17.8. The Bertz CT molecular complexity index is 845. The van der Waals surface area contributed by atoms with Gasteiger partial charge < -0.3 is 10.1 Å². The Balaban J connectivity index is 1.73. The van der Waals surface area contributed by atoms with E-state index in [-0.39, 0.29) is 5.56 Å². The average molecular weight is 339 g/mol. The zero-order valence-corrected chi connectivity index (χ0v) is 13.1. The summed E-state index contributed by atoms with van der Waals surface area (Å²) in [7, 11) is 0. The normalized spacial score (nSPS) is 14.6. The minimum atomic E-state index is -1.10. The molecule has 1 atom stereocenters. The fourth-order valence-corrected chi connectivity index (χ4v) is 2.52. The van der Waals surface area contributed by atoms with Crippen LogP contribution in [0.4, 0.5) is 14.9 Å². The summed E-state index contributed by atoms with van der Waals surface area (Å²) in [5, 5.41) is 11.7. The minimum absolute atomic E-state index is 0.106. The SMILES string of the molecule is N#C[C@H](NC(=O)c1ccc(N2CCOC2=O)cc1)c1ccccc1F. The molecule has 1 N–H and O–H groups in total. The fourth-order valence-electron chi connectivity index (χ4n) is 2.52. The van der Waals surface area contributed by atoms with E-state index in [2.05, 4.69) is 5.32 Å². The van der Waals surface area contributed by atoms with Gasteiger partial charge in [0.05, 0.1) is 12.6 Å². The molecule has 25 heavy (non-hydrogen) atoms. The van der Waals surface area contributed by atoms with Gasteiger partial charge in [-0.25, -0.2) is 9.18 Å². The maximum Gasteiger partial charge on any atom is 0.414 e. The van der Waals surface area contributed by atoms with Crippen LogP contribution in [0.25, 0.3) is 0 Å². The number of hydrogen-bond donors (Lipinski definition) is 1. The van der Waals surface area contributed by atoms with Crippen LogP contribution < -0.4 is 10.2 Å². The Morgan fingerprint density at radius 1 is 1.24 bits per heavy atom. The summed E-state index contributed by atoms with van der Waals surface area (Å²) in [4.78, 5) is 25.3. The molecule has 1 aliphatic heterocycles. The molecule has 0 aromatic heterocycles. The third-order valence-electron chi connectivity index (χ3n) is 3.82. The second-order valence-corrected chi connectivity index (χ2v) is 5.37. The van der Waals surface area contributed by atoms with Gasteiger partial charge in [-0.2, -0.15) is 5.26 Å². The van der Waals surface area contributed by atoms with Crippen LogP contribution in [0, 0.1) is 17.1 Å². The summed E-state index contributed by atoms with van der Waals surface area (Å²) in [5.74, 6) is -1.07. The van der Waals surface area contributed by atoms with E-state index >= 15 is 0 Å². The third-order valence-corrected chi connectivity index (χ3v) is 3.82. The molecule has 6 nitrogen and oxygen atoms in total. The van der Waals surface area contributed by atoms with E-state index in [4.69, 9.17) is 4.74 Å². The standard InChI is InChI=1S/C18H14FN3O3/c19-15-4-2-1-3-14(15)16(11-20)21-17(23)12-5-7-13(8-6-12)22-9-10-25-18(22)24/h1-8,16H,9-10H2,(H,21,23)/t16-/m0/s1. The molecule has 2 aromatic carbocycles. The first-order chi connectivity index (χ1) is 12.1. The van der Waals surface area contributed by atoms with Crippen molar-refractivity contribution in [2.75, 3.05) is 18.1 Å². The number of nitrogens with one attached hydrogen (secondary N) is 1. The molecule has 0 unspecified atom stereocenters. The molecule has 126 valence electrons. The lowest BCUT2D eigenvalue weighted by Crippen LogP contribution is -2.28. The van der Waals surface area contributed by atoms with Crippen LogP contribution >= 0.6 is 0 Å². The Kier molecular flexibility index (Phi) is 4.61. The quantitative estimate of drug-likeness (QED) is 0.928. The molecule has 3 rings (SSSR count). The highest BCUT2D eigenvalue weighted by molar-refractivity contribution is 5.96. The smallest absolute Gasteiger partial charge is 0.414 e. The fraction of sp³-hybridized carbons (Fsp3) is 0.167. The Labute approximate surface area is 143 Å². The van der Waals surface area contributed by atoms with E-state index in [0.29, 0.717) is 24.4 Å². The van der Waals surface area contributed by atoms with Crippen molar-refractivity contribution in [2.24, 2.45) is 0 Å². The van der Waals surface area contributed by atoms with Crippen LogP contribution in [0.3, 0.4) is 0 Å². The predicted octanol–water partition coefficient (Wildman–Crippen LogP) is 2.78. The second-order valence-electron chi connectivity index (χ2n) is 5.37. The van der Waals surface area contributed by atoms with Gasteiger partial charge in [0.15, 0.2) is 0 Å². The van der Waals surface area contributed by atoms with Crippen molar-refractivity contribution in [1.82, 2.24) is 5.32 Å². The van der Waals surface area contributed by atoms with Crippen LogP contribution in [-0.2, 0) is 4.74 Å². The molecule has 1 fully saturated rings. The summed E-state index contributed by atoms with van der Waals surface area (Å²) in [6.07, 6.45) is -0.429. The number of halogens is 1. The first-order valence-corrected chi connectivity index (χ1v) is 7.59. The lowest BCUT2D eigenvalue weighted by Gasteiger charge is -2.15. The first kappa shape index (κ1) is 16.5. The van der Waals surface area contributed by atoms with Gasteiger partial charge in [-0.1, -0.05) is 18.2 Å². The number of cyclic esters (lactones) is 1. The summed E-state index contributed by atoms with van der Waals surface area (Å²) in [6.45, 7) is 0.779. The van der Waals surface area contributed by atoms with Crippen LogP contribution in [0.15, 0.2) is 48.5 Å². The van der Waals surface area contributed by atoms with Crippen molar-refractivity contribution in [2.45, 2.75) is 6.04 Å². The zero-order valence-electron chi connectivity index (χ0n) is 13.1. The maximum atomic E-state index is 13.8. The number of anilines is 1. The molecule has 0 spiro atoms. The van der Waals surface area contributed by atoms with E-state index in [1.165, 1.54) is 35.2 Å².